The highest BCUT2D eigenvalue weighted by molar-refractivity contribution is 5.84. The first-order valence-corrected chi connectivity index (χ1v) is 4.51. The largest absolute Gasteiger partial charge is 0.480 e. The molecular weight excluding hydrogens is 184 g/mol. The number of nitrogens with zero attached hydrogens (tertiary/aromatic N) is 1. The van der Waals surface area contributed by atoms with Crippen LogP contribution in [0.4, 0.5) is 0 Å². The molecule has 0 fully saturated rings. The number of amides is 1. The lowest BCUT2D eigenvalue weighted by atomic mass is 10.1. The van der Waals surface area contributed by atoms with Crippen LogP contribution < -0.4 is 5.32 Å². The van der Waals surface area contributed by atoms with E-state index in [0.717, 1.165) is 0 Å². The standard InChI is InChI=1S/C9H18N2O3/c1-6(2)8(9(13)14)10-7(12)5-11(3)4/h6,8H,5H2,1-4H3,(H,10,12)(H,13,14)/t8-/m0/s1. The lowest BCUT2D eigenvalue weighted by Gasteiger charge is -2.19. The minimum atomic E-state index is -0.993. The van der Waals surface area contributed by atoms with E-state index in [-0.39, 0.29) is 18.4 Å². The molecule has 5 heteroatoms. The summed E-state index contributed by atoms with van der Waals surface area (Å²) in [4.78, 5) is 23.7. The highest BCUT2D eigenvalue weighted by atomic mass is 16.4. The van der Waals surface area contributed by atoms with Crippen LogP contribution in [0.2, 0.25) is 0 Å². The van der Waals surface area contributed by atoms with Gasteiger partial charge in [-0.3, -0.25) is 4.79 Å². The van der Waals surface area contributed by atoms with E-state index in [2.05, 4.69) is 5.32 Å². The molecule has 0 unspecified atom stereocenters. The van der Waals surface area contributed by atoms with E-state index in [1.807, 2.05) is 0 Å². The number of carboxylic acid groups (broad SMARTS) is 1. The first-order valence-electron chi connectivity index (χ1n) is 4.51. The Balaban J connectivity index is 4.17. The monoisotopic (exact) mass is 202 g/mol. The highest BCUT2D eigenvalue weighted by Gasteiger charge is 2.23. The summed E-state index contributed by atoms with van der Waals surface area (Å²) in [5.41, 5.74) is 0. The maximum atomic E-state index is 11.3. The van der Waals surface area contributed by atoms with Gasteiger partial charge in [0, 0.05) is 0 Å². The van der Waals surface area contributed by atoms with E-state index in [0.29, 0.717) is 0 Å². The molecular formula is C9H18N2O3. The quantitative estimate of drug-likeness (QED) is 0.646. The zero-order valence-electron chi connectivity index (χ0n) is 9.07. The van der Waals surface area contributed by atoms with Crippen LogP contribution in [0.5, 0.6) is 0 Å². The Hall–Kier alpha value is -1.10. The maximum absolute atomic E-state index is 11.3. The molecule has 0 aromatic rings. The second kappa shape index (κ2) is 5.59. The van der Waals surface area contributed by atoms with Gasteiger partial charge in [-0.25, -0.2) is 4.79 Å². The zero-order valence-corrected chi connectivity index (χ0v) is 9.07. The number of hydrogen-bond donors (Lipinski definition) is 2. The molecule has 1 atom stereocenters. The van der Waals surface area contributed by atoms with E-state index >= 15 is 0 Å². The number of likely N-dealkylation sites (N-methyl/N-ethyl adjacent to an activating group) is 1. The van der Waals surface area contributed by atoms with Crippen molar-refractivity contribution in [1.29, 1.82) is 0 Å². The summed E-state index contributed by atoms with van der Waals surface area (Å²) in [6.07, 6.45) is 0. The van der Waals surface area contributed by atoms with Crippen molar-refractivity contribution < 1.29 is 14.7 Å². The van der Waals surface area contributed by atoms with Gasteiger partial charge < -0.3 is 15.3 Å². The molecule has 0 heterocycles. The SMILES string of the molecule is CC(C)[C@H](NC(=O)CN(C)C)C(=O)O. The molecule has 0 aliphatic heterocycles. The van der Waals surface area contributed by atoms with Crippen molar-refractivity contribution in [1.82, 2.24) is 10.2 Å². The van der Waals surface area contributed by atoms with Crippen LogP contribution >= 0.6 is 0 Å². The maximum Gasteiger partial charge on any atom is 0.326 e. The summed E-state index contributed by atoms with van der Waals surface area (Å²) in [6.45, 7) is 3.72. The van der Waals surface area contributed by atoms with Crippen molar-refractivity contribution in [3.63, 3.8) is 0 Å². The lowest BCUT2D eigenvalue weighted by molar-refractivity contribution is -0.143. The molecule has 14 heavy (non-hydrogen) atoms. The van der Waals surface area contributed by atoms with Gasteiger partial charge in [0.05, 0.1) is 6.54 Å². The fourth-order valence-electron chi connectivity index (χ4n) is 1.02. The van der Waals surface area contributed by atoms with Crippen LogP contribution in [0.25, 0.3) is 0 Å². The van der Waals surface area contributed by atoms with Crippen molar-refractivity contribution in [3.05, 3.63) is 0 Å². The van der Waals surface area contributed by atoms with Crippen LogP contribution in [0, 0.1) is 5.92 Å². The molecule has 1 amide bonds. The van der Waals surface area contributed by atoms with Gasteiger partial charge >= 0.3 is 5.97 Å². The number of hydrogen-bond acceptors (Lipinski definition) is 3. The van der Waals surface area contributed by atoms with Gasteiger partial charge in [0.25, 0.3) is 0 Å². The van der Waals surface area contributed by atoms with E-state index in [4.69, 9.17) is 5.11 Å². The minimum absolute atomic E-state index is 0.112. The van der Waals surface area contributed by atoms with Gasteiger partial charge in [-0.05, 0) is 20.0 Å². The Morgan fingerprint density at radius 2 is 1.86 bits per heavy atom. The first kappa shape index (κ1) is 12.9. The van der Waals surface area contributed by atoms with Crippen LogP contribution in [0.3, 0.4) is 0 Å². The summed E-state index contributed by atoms with van der Waals surface area (Å²) in [7, 11) is 3.51. The van der Waals surface area contributed by atoms with Gasteiger partial charge in [0.15, 0.2) is 0 Å². The molecule has 0 aromatic carbocycles. The summed E-state index contributed by atoms with van der Waals surface area (Å²) < 4.78 is 0. The average Bonchev–Trinajstić information content (AvgIpc) is 1.97. The number of carboxylic acids is 1. The third-order valence-corrected chi connectivity index (χ3v) is 1.71. The van der Waals surface area contributed by atoms with Gasteiger partial charge in [0.2, 0.25) is 5.91 Å². The third kappa shape index (κ3) is 4.81. The minimum Gasteiger partial charge on any atom is -0.480 e. The summed E-state index contributed by atoms with van der Waals surface area (Å²) in [5, 5.41) is 11.3. The molecule has 0 spiro atoms. The molecule has 2 N–H and O–H groups in total. The van der Waals surface area contributed by atoms with Crippen molar-refractivity contribution in [2.75, 3.05) is 20.6 Å². The van der Waals surface area contributed by atoms with Crippen LogP contribution in [-0.2, 0) is 9.59 Å². The summed E-state index contributed by atoms with van der Waals surface area (Å²) >= 11 is 0. The van der Waals surface area contributed by atoms with E-state index in [1.165, 1.54) is 0 Å². The second-order valence-electron chi connectivity index (χ2n) is 3.87. The number of carbonyl (C=O) groups is 2. The molecule has 0 rings (SSSR count). The van der Waals surface area contributed by atoms with Crippen LogP contribution in [-0.4, -0.2) is 48.6 Å². The normalized spacial score (nSPS) is 13.0. The van der Waals surface area contributed by atoms with E-state index in [9.17, 15) is 9.59 Å². The molecule has 0 aromatic heterocycles. The second-order valence-corrected chi connectivity index (χ2v) is 3.87. The summed E-state index contributed by atoms with van der Waals surface area (Å²) in [6, 6.07) is -0.803. The Labute approximate surface area is 84.1 Å². The fourth-order valence-corrected chi connectivity index (χ4v) is 1.02. The molecule has 0 aliphatic carbocycles. The van der Waals surface area contributed by atoms with Crippen molar-refractivity contribution in [2.24, 2.45) is 5.92 Å². The predicted octanol–water partition coefficient (Wildman–Crippen LogP) is -0.227. The summed E-state index contributed by atoms with van der Waals surface area (Å²) in [5.74, 6) is -1.37. The third-order valence-electron chi connectivity index (χ3n) is 1.71. The molecule has 5 nitrogen and oxygen atoms in total. The van der Waals surface area contributed by atoms with Crippen molar-refractivity contribution in [2.45, 2.75) is 19.9 Å². The average molecular weight is 202 g/mol. The number of rotatable bonds is 5. The molecule has 0 aliphatic rings. The van der Waals surface area contributed by atoms with Crippen molar-refractivity contribution in [3.8, 4) is 0 Å². The smallest absolute Gasteiger partial charge is 0.326 e. The molecule has 82 valence electrons. The van der Waals surface area contributed by atoms with Crippen LogP contribution in [0.15, 0.2) is 0 Å². The van der Waals surface area contributed by atoms with E-state index in [1.54, 1.807) is 32.8 Å². The zero-order chi connectivity index (χ0) is 11.3. The van der Waals surface area contributed by atoms with Crippen molar-refractivity contribution >= 4 is 11.9 Å². The first-order chi connectivity index (χ1) is 6.34. The number of carbonyl (C=O) groups excluding carboxylic acids is 1. The van der Waals surface area contributed by atoms with Gasteiger partial charge in [-0.1, -0.05) is 13.8 Å². The number of aliphatic carboxylic acids is 1. The molecule has 0 saturated heterocycles. The molecule has 0 bridgehead atoms. The van der Waals surface area contributed by atoms with Gasteiger partial charge in [0.1, 0.15) is 6.04 Å². The van der Waals surface area contributed by atoms with Gasteiger partial charge in [-0.15, -0.1) is 0 Å². The van der Waals surface area contributed by atoms with Crippen LogP contribution in [0.1, 0.15) is 13.8 Å². The Bertz CT molecular complexity index is 214. The lowest BCUT2D eigenvalue weighted by Crippen LogP contribution is -2.47. The molecule has 0 saturated carbocycles. The molecule has 0 radical (unpaired) electrons. The Kier molecular flexibility index (Phi) is 5.15. The Morgan fingerprint density at radius 1 is 1.36 bits per heavy atom. The topological polar surface area (TPSA) is 69.6 Å². The van der Waals surface area contributed by atoms with Gasteiger partial charge in [-0.2, -0.15) is 0 Å². The fraction of sp³-hybridized carbons (Fsp3) is 0.778. The Morgan fingerprint density at radius 3 is 2.14 bits per heavy atom. The predicted molar refractivity (Wildman–Crippen MR) is 53.0 cm³/mol. The number of nitrogens with one attached hydrogen (secondary N) is 1. The highest BCUT2D eigenvalue weighted by Crippen LogP contribution is 2.01. The van der Waals surface area contributed by atoms with E-state index < -0.39 is 12.0 Å².